The normalized spacial score (nSPS) is 41.4. The molecule has 5 unspecified atom stereocenters. The molecular formula is C15H28N2O. The summed E-state index contributed by atoms with van der Waals surface area (Å²) in [5.41, 5.74) is 6.08. The van der Waals surface area contributed by atoms with Gasteiger partial charge in [0.05, 0.1) is 0 Å². The van der Waals surface area contributed by atoms with Gasteiger partial charge in [-0.2, -0.15) is 0 Å². The molecule has 3 N–H and O–H groups in total. The van der Waals surface area contributed by atoms with Crippen molar-refractivity contribution in [1.82, 2.24) is 5.32 Å². The second-order valence-corrected chi connectivity index (χ2v) is 6.54. The van der Waals surface area contributed by atoms with E-state index >= 15 is 0 Å². The Balaban J connectivity index is 1.86. The number of carbonyl (C=O) groups excluding carboxylic acids is 1. The molecule has 0 bridgehead atoms. The van der Waals surface area contributed by atoms with Crippen LogP contribution in [0.1, 0.15) is 58.8 Å². The fourth-order valence-corrected chi connectivity index (χ4v) is 3.64. The van der Waals surface area contributed by atoms with Crippen LogP contribution >= 0.6 is 0 Å². The van der Waals surface area contributed by atoms with Crippen LogP contribution in [0.3, 0.4) is 0 Å². The highest BCUT2D eigenvalue weighted by molar-refractivity contribution is 5.79. The average molecular weight is 252 g/mol. The van der Waals surface area contributed by atoms with Crippen molar-refractivity contribution in [3.05, 3.63) is 0 Å². The lowest BCUT2D eigenvalue weighted by Gasteiger charge is -2.35. The number of hydrogen-bond donors (Lipinski definition) is 2. The van der Waals surface area contributed by atoms with E-state index in [0.29, 0.717) is 12.0 Å². The number of rotatable bonds is 2. The van der Waals surface area contributed by atoms with Crippen molar-refractivity contribution in [2.45, 2.75) is 70.9 Å². The summed E-state index contributed by atoms with van der Waals surface area (Å²) < 4.78 is 0. The summed E-state index contributed by atoms with van der Waals surface area (Å²) in [7, 11) is 0. The van der Waals surface area contributed by atoms with Gasteiger partial charge in [0.15, 0.2) is 0 Å². The standard InChI is InChI=1S/C15H28N2O/c1-10-5-3-6-12(9-10)17-15(18)13-7-4-8-14(16)11(13)2/h10-14H,3-9,16H2,1-2H3,(H,17,18). The Morgan fingerprint density at radius 2 is 1.83 bits per heavy atom. The first-order chi connectivity index (χ1) is 8.58. The third kappa shape index (κ3) is 3.25. The number of nitrogens with two attached hydrogens (primary N) is 1. The lowest BCUT2D eigenvalue weighted by atomic mass is 9.76. The van der Waals surface area contributed by atoms with E-state index in [1.54, 1.807) is 0 Å². The van der Waals surface area contributed by atoms with E-state index in [-0.39, 0.29) is 17.9 Å². The minimum Gasteiger partial charge on any atom is -0.353 e. The van der Waals surface area contributed by atoms with Gasteiger partial charge < -0.3 is 11.1 Å². The van der Waals surface area contributed by atoms with Gasteiger partial charge in [-0.3, -0.25) is 4.79 Å². The Kier molecular flexibility index (Phi) is 4.66. The molecule has 2 saturated carbocycles. The molecule has 18 heavy (non-hydrogen) atoms. The molecule has 3 nitrogen and oxygen atoms in total. The average Bonchev–Trinajstić information content (AvgIpc) is 2.32. The van der Waals surface area contributed by atoms with Gasteiger partial charge in [-0.25, -0.2) is 0 Å². The zero-order valence-corrected chi connectivity index (χ0v) is 11.8. The summed E-state index contributed by atoms with van der Waals surface area (Å²) in [5.74, 6) is 1.50. The largest absolute Gasteiger partial charge is 0.353 e. The first-order valence-corrected chi connectivity index (χ1v) is 7.64. The van der Waals surface area contributed by atoms with Crippen molar-refractivity contribution in [2.24, 2.45) is 23.5 Å². The molecule has 1 amide bonds. The predicted molar refractivity (Wildman–Crippen MR) is 74.0 cm³/mol. The van der Waals surface area contributed by atoms with Gasteiger partial charge in [0.1, 0.15) is 0 Å². The second kappa shape index (κ2) is 6.05. The highest BCUT2D eigenvalue weighted by Crippen LogP contribution is 2.30. The first kappa shape index (κ1) is 13.9. The maximum atomic E-state index is 12.4. The van der Waals surface area contributed by atoms with Crippen LogP contribution in [0.25, 0.3) is 0 Å². The topological polar surface area (TPSA) is 55.1 Å². The van der Waals surface area contributed by atoms with Crippen molar-refractivity contribution >= 4 is 5.91 Å². The van der Waals surface area contributed by atoms with Gasteiger partial charge in [-0.05, 0) is 37.5 Å². The minimum absolute atomic E-state index is 0.144. The molecule has 0 radical (unpaired) electrons. The van der Waals surface area contributed by atoms with Crippen LogP contribution in [0.4, 0.5) is 0 Å². The molecule has 0 aromatic heterocycles. The van der Waals surface area contributed by atoms with Crippen LogP contribution in [0.15, 0.2) is 0 Å². The molecule has 0 saturated heterocycles. The Labute approximate surface area is 111 Å². The summed E-state index contributed by atoms with van der Waals surface area (Å²) in [6.45, 7) is 4.43. The summed E-state index contributed by atoms with van der Waals surface area (Å²) in [4.78, 5) is 12.4. The van der Waals surface area contributed by atoms with E-state index in [2.05, 4.69) is 19.2 Å². The fourth-order valence-electron chi connectivity index (χ4n) is 3.64. The molecule has 2 rings (SSSR count). The maximum absolute atomic E-state index is 12.4. The Hall–Kier alpha value is -0.570. The monoisotopic (exact) mass is 252 g/mol. The number of amides is 1. The molecule has 0 aromatic carbocycles. The van der Waals surface area contributed by atoms with Gasteiger partial charge in [-0.15, -0.1) is 0 Å². The Bertz CT molecular complexity index is 292. The predicted octanol–water partition coefficient (Wildman–Crippen LogP) is 2.44. The van der Waals surface area contributed by atoms with Crippen LogP contribution in [0, 0.1) is 17.8 Å². The maximum Gasteiger partial charge on any atom is 0.223 e. The fraction of sp³-hybridized carbons (Fsp3) is 0.933. The lowest BCUT2D eigenvalue weighted by Crippen LogP contribution is -2.47. The minimum atomic E-state index is 0.144. The first-order valence-electron chi connectivity index (χ1n) is 7.64. The zero-order chi connectivity index (χ0) is 13.1. The quantitative estimate of drug-likeness (QED) is 0.793. The van der Waals surface area contributed by atoms with E-state index in [1.165, 1.54) is 12.8 Å². The van der Waals surface area contributed by atoms with Crippen molar-refractivity contribution in [2.75, 3.05) is 0 Å². The Morgan fingerprint density at radius 3 is 2.56 bits per heavy atom. The van der Waals surface area contributed by atoms with E-state index in [9.17, 15) is 4.79 Å². The van der Waals surface area contributed by atoms with Crippen molar-refractivity contribution < 1.29 is 4.79 Å². The van der Waals surface area contributed by atoms with Gasteiger partial charge >= 0.3 is 0 Å². The highest BCUT2D eigenvalue weighted by Gasteiger charge is 2.33. The number of hydrogen-bond acceptors (Lipinski definition) is 2. The van der Waals surface area contributed by atoms with Gasteiger partial charge in [0.2, 0.25) is 5.91 Å². The van der Waals surface area contributed by atoms with E-state index < -0.39 is 0 Å². The zero-order valence-electron chi connectivity index (χ0n) is 11.8. The molecule has 5 atom stereocenters. The molecular weight excluding hydrogens is 224 g/mol. The third-order valence-electron chi connectivity index (χ3n) is 4.98. The van der Waals surface area contributed by atoms with Gasteiger partial charge in [0, 0.05) is 18.0 Å². The molecule has 0 aliphatic heterocycles. The lowest BCUT2D eigenvalue weighted by molar-refractivity contribution is -0.128. The van der Waals surface area contributed by atoms with E-state index in [0.717, 1.165) is 38.0 Å². The van der Waals surface area contributed by atoms with Gasteiger partial charge in [-0.1, -0.05) is 33.1 Å². The SMILES string of the molecule is CC1CCCC(NC(=O)C2CCCC(N)C2C)C1. The molecule has 0 heterocycles. The number of carbonyl (C=O) groups is 1. The van der Waals surface area contributed by atoms with Crippen molar-refractivity contribution in [1.29, 1.82) is 0 Å². The summed E-state index contributed by atoms with van der Waals surface area (Å²) in [5, 5.41) is 3.28. The molecule has 2 aliphatic rings. The highest BCUT2D eigenvalue weighted by atomic mass is 16.2. The molecule has 2 aliphatic carbocycles. The van der Waals surface area contributed by atoms with Crippen LogP contribution in [0.2, 0.25) is 0 Å². The third-order valence-corrected chi connectivity index (χ3v) is 4.98. The van der Waals surface area contributed by atoms with E-state index in [1.807, 2.05) is 0 Å². The van der Waals surface area contributed by atoms with Crippen molar-refractivity contribution in [3.8, 4) is 0 Å². The van der Waals surface area contributed by atoms with Crippen molar-refractivity contribution in [3.63, 3.8) is 0 Å². The van der Waals surface area contributed by atoms with Crippen LogP contribution in [-0.4, -0.2) is 18.0 Å². The van der Waals surface area contributed by atoms with Crippen LogP contribution < -0.4 is 11.1 Å². The molecule has 2 fully saturated rings. The molecule has 104 valence electrons. The second-order valence-electron chi connectivity index (χ2n) is 6.54. The van der Waals surface area contributed by atoms with Crippen LogP contribution in [-0.2, 0) is 4.79 Å². The summed E-state index contributed by atoms with van der Waals surface area (Å²) >= 11 is 0. The smallest absolute Gasteiger partial charge is 0.223 e. The Morgan fingerprint density at radius 1 is 1.11 bits per heavy atom. The van der Waals surface area contributed by atoms with Gasteiger partial charge in [0.25, 0.3) is 0 Å². The molecule has 3 heteroatoms. The molecule has 0 aromatic rings. The van der Waals surface area contributed by atoms with E-state index in [4.69, 9.17) is 5.73 Å². The summed E-state index contributed by atoms with van der Waals surface area (Å²) in [6, 6.07) is 0.617. The van der Waals surface area contributed by atoms with Crippen LogP contribution in [0.5, 0.6) is 0 Å². The molecule has 0 spiro atoms. The number of nitrogens with one attached hydrogen (secondary N) is 1. The summed E-state index contributed by atoms with van der Waals surface area (Å²) in [6.07, 6.45) is 8.07.